The minimum Gasteiger partial charge on any atom is -0.302 e. The van der Waals surface area contributed by atoms with Crippen molar-refractivity contribution in [2.24, 2.45) is 4.99 Å². The third kappa shape index (κ3) is 0.761. The summed E-state index contributed by atoms with van der Waals surface area (Å²) in [6.07, 6.45) is 1.80. The summed E-state index contributed by atoms with van der Waals surface area (Å²) in [5.74, 6) is 0.697. The van der Waals surface area contributed by atoms with E-state index >= 15 is 0 Å². The summed E-state index contributed by atoms with van der Waals surface area (Å²) in [7, 11) is 0. The van der Waals surface area contributed by atoms with Gasteiger partial charge in [0.1, 0.15) is 6.07 Å². The van der Waals surface area contributed by atoms with Gasteiger partial charge in [-0.05, 0) is 12.1 Å². The molecule has 1 aromatic carbocycles. The molecule has 4 nitrogen and oxygen atoms in total. The van der Waals surface area contributed by atoms with Crippen LogP contribution in [0.2, 0.25) is 0 Å². The molecular formula is C10H6N4. The van der Waals surface area contributed by atoms with E-state index < -0.39 is 0 Å². The number of aliphatic imine (C=N–C) groups is 1. The minimum absolute atomic E-state index is 0.659. The zero-order valence-electron chi connectivity index (χ0n) is 7.31. The van der Waals surface area contributed by atoms with E-state index in [2.05, 4.69) is 16.0 Å². The Hall–Kier alpha value is -2.15. The number of aromatic nitrogens is 2. The van der Waals surface area contributed by atoms with Crippen LogP contribution in [-0.4, -0.2) is 15.8 Å². The van der Waals surface area contributed by atoms with E-state index in [0.717, 1.165) is 11.0 Å². The third-order valence-electron chi connectivity index (χ3n) is 2.34. The van der Waals surface area contributed by atoms with Gasteiger partial charge in [0, 0.05) is 6.21 Å². The molecule has 1 aliphatic rings. The zero-order valence-corrected chi connectivity index (χ0v) is 7.31. The van der Waals surface area contributed by atoms with Crippen LogP contribution >= 0.6 is 0 Å². The third-order valence-corrected chi connectivity index (χ3v) is 2.34. The molecule has 0 fully saturated rings. The number of nitriles is 1. The molecule has 0 aliphatic carbocycles. The molecule has 1 aliphatic heterocycles. The molecule has 3 rings (SSSR count). The molecule has 0 saturated carbocycles. The van der Waals surface area contributed by atoms with Gasteiger partial charge in [-0.2, -0.15) is 5.26 Å². The first-order valence-electron chi connectivity index (χ1n) is 4.32. The van der Waals surface area contributed by atoms with Crippen LogP contribution in [0.4, 0.5) is 5.95 Å². The lowest BCUT2D eigenvalue weighted by Gasteiger charge is -1.97. The lowest BCUT2D eigenvalue weighted by Crippen LogP contribution is -1.93. The average Bonchev–Trinajstić information content (AvgIpc) is 2.75. The summed E-state index contributed by atoms with van der Waals surface area (Å²) in [5, 5.41) is 8.95. The summed E-state index contributed by atoms with van der Waals surface area (Å²) < 4.78 is 1.95. The maximum atomic E-state index is 8.95. The highest BCUT2D eigenvalue weighted by Crippen LogP contribution is 2.26. The van der Waals surface area contributed by atoms with Crippen molar-refractivity contribution in [3.63, 3.8) is 0 Å². The van der Waals surface area contributed by atoms with Gasteiger partial charge in [-0.1, -0.05) is 6.07 Å². The summed E-state index contributed by atoms with van der Waals surface area (Å²) in [5.41, 5.74) is 2.39. The molecule has 0 N–H and O–H groups in total. The zero-order chi connectivity index (χ0) is 9.54. The van der Waals surface area contributed by atoms with Gasteiger partial charge in [0.15, 0.2) is 0 Å². The SMILES string of the molecule is N#Cc1cccc2nc3n(c12)CC=N3. The van der Waals surface area contributed by atoms with Crippen LogP contribution in [0.3, 0.4) is 0 Å². The Balaban J connectivity index is 2.50. The summed E-state index contributed by atoms with van der Waals surface area (Å²) in [6.45, 7) is 0.713. The monoisotopic (exact) mass is 182 g/mol. The fraction of sp³-hybridized carbons (Fsp3) is 0.100. The first kappa shape index (κ1) is 7.27. The van der Waals surface area contributed by atoms with Gasteiger partial charge in [-0.15, -0.1) is 0 Å². The first-order valence-corrected chi connectivity index (χ1v) is 4.32. The van der Waals surface area contributed by atoms with Crippen LogP contribution in [0.1, 0.15) is 5.56 Å². The summed E-state index contributed by atoms with van der Waals surface area (Å²) in [6, 6.07) is 7.71. The smallest absolute Gasteiger partial charge is 0.230 e. The Morgan fingerprint density at radius 3 is 3.21 bits per heavy atom. The number of para-hydroxylation sites is 1. The molecule has 1 aromatic heterocycles. The predicted octanol–water partition coefficient (Wildman–Crippen LogP) is 1.62. The second kappa shape index (κ2) is 2.42. The lowest BCUT2D eigenvalue weighted by molar-refractivity contribution is 0.933. The molecule has 0 atom stereocenters. The van der Waals surface area contributed by atoms with E-state index in [9.17, 15) is 0 Å². The van der Waals surface area contributed by atoms with Crippen molar-refractivity contribution in [2.75, 3.05) is 0 Å². The highest BCUT2D eigenvalue weighted by molar-refractivity contribution is 5.86. The van der Waals surface area contributed by atoms with Crippen molar-refractivity contribution in [3.05, 3.63) is 23.8 Å². The van der Waals surface area contributed by atoms with Crippen LogP contribution in [0.15, 0.2) is 23.2 Å². The molecule has 0 saturated heterocycles. The van der Waals surface area contributed by atoms with Gasteiger partial charge >= 0.3 is 0 Å². The van der Waals surface area contributed by atoms with Crippen LogP contribution < -0.4 is 0 Å². The quantitative estimate of drug-likeness (QED) is 0.621. The Morgan fingerprint density at radius 2 is 2.36 bits per heavy atom. The Morgan fingerprint density at radius 1 is 1.43 bits per heavy atom. The molecule has 0 spiro atoms. The lowest BCUT2D eigenvalue weighted by atomic mass is 10.2. The van der Waals surface area contributed by atoms with Gasteiger partial charge in [0.2, 0.25) is 5.95 Å². The summed E-state index contributed by atoms with van der Waals surface area (Å²) in [4.78, 5) is 8.45. The van der Waals surface area contributed by atoms with Crippen LogP contribution in [-0.2, 0) is 6.54 Å². The molecule has 66 valence electrons. The van der Waals surface area contributed by atoms with Crippen molar-refractivity contribution in [1.82, 2.24) is 9.55 Å². The van der Waals surface area contributed by atoms with Crippen LogP contribution in [0, 0.1) is 11.3 Å². The topological polar surface area (TPSA) is 54.0 Å². The van der Waals surface area contributed by atoms with Gasteiger partial charge in [-0.25, -0.2) is 9.98 Å². The van der Waals surface area contributed by atoms with Gasteiger partial charge in [0.25, 0.3) is 0 Å². The van der Waals surface area contributed by atoms with Crippen molar-refractivity contribution in [1.29, 1.82) is 5.26 Å². The average molecular weight is 182 g/mol. The normalized spacial score (nSPS) is 13.1. The standard InChI is InChI=1S/C10H6N4/c11-6-7-2-1-3-8-9(7)14-5-4-12-10(14)13-8/h1-4H,5H2. The van der Waals surface area contributed by atoms with Crippen LogP contribution in [0.25, 0.3) is 11.0 Å². The van der Waals surface area contributed by atoms with Gasteiger partial charge in [0.05, 0.1) is 23.1 Å². The van der Waals surface area contributed by atoms with E-state index in [1.807, 2.05) is 16.7 Å². The molecule has 14 heavy (non-hydrogen) atoms. The second-order valence-electron chi connectivity index (χ2n) is 3.12. The maximum Gasteiger partial charge on any atom is 0.230 e. The number of imidazole rings is 1. The Labute approximate surface area is 80.1 Å². The number of hydrogen-bond acceptors (Lipinski definition) is 3. The molecular weight excluding hydrogens is 176 g/mol. The van der Waals surface area contributed by atoms with Gasteiger partial charge in [-0.3, -0.25) is 0 Å². The number of nitrogens with zero attached hydrogens (tertiary/aromatic N) is 4. The van der Waals surface area contributed by atoms with E-state index in [0.29, 0.717) is 18.1 Å². The van der Waals surface area contributed by atoms with Crippen LogP contribution in [0.5, 0.6) is 0 Å². The number of benzene rings is 1. The molecule has 0 bridgehead atoms. The van der Waals surface area contributed by atoms with Gasteiger partial charge < -0.3 is 4.57 Å². The molecule has 2 heterocycles. The van der Waals surface area contributed by atoms with E-state index in [-0.39, 0.29) is 0 Å². The largest absolute Gasteiger partial charge is 0.302 e. The molecule has 2 aromatic rings. The molecule has 0 amide bonds. The number of fused-ring (bicyclic) bond motifs is 3. The number of hydrogen-bond donors (Lipinski definition) is 0. The van der Waals surface area contributed by atoms with E-state index in [1.54, 1.807) is 12.3 Å². The highest BCUT2D eigenvalue weighted by Gasteiger charge is 2.15. The number of rotatable bonds is 0. The van der Waals surface area contributed by atoms with Crippen molar-refractivity contribution in [2.45, 2.75) is 6.54 Å². The molecule has 0 unspecified atom stereocenters. The fourth-order valence-electron chi connectivity index (χ4n) is 1.74. The maximum absolute atomic E-state index is 8.95. The fourth-order valence-corrected chi connectivity index (χ4v) is 1.74. The Kier molecular flexibility index (Phi) is 1.26. The van der Waals surface area contributed by atoms with Crippen molar-refractivity contribution >= 4 is 23.2 Å². The molecule has 4 heteroatoms. The van der Waals surface area contributed by atoms with E-state index in [4.69, 9.17) is 5.26 Å². The second-order valence-corrected chi connectivity index (χ2v) is 3.12. The van der Waals surface area contributed by atoms with E-state index in [1.165, 1.54) is 0 Å². The highest BCUT2D eigenvalue weighted by atomic mass is 15.2. The Bertz CT molecular complexity index is 586. The first-order chi connectivity index (χ1) is 6.90. The van der Waals surface area contributed by atoms with Crippen molar-refractivity contribution < 1.29 is 0 Å². The molecule has 0 radical (unpaired) electrons. The van der Waals surface area contributed by atoms with Crippen molar-refractivity contribution in [3.8, 4) is 6.07 Å². The summed E-state index contributed by atoms with van der Waals surface area (Å²) >= 11 is 0. The predicted molar refractivity (Wildman–Crippen MR) is 52.6 cm³/mol. The minimum atomic E-state index is 0.659.